The van der Waals surface area contributed by atoms with Gasteiger partial charge >= 0.3 is 0 Å². The number of fused-ring (bicyclic) bond motifs is 1. The van der Waals surface area contributed by atoms with Gasteiger partial charge in [0.15, 0.2) is 5.78 Å². The standard InChI is InChI=1S/C22H23N3O4S/c1-13-11-16(5-8-19(13)25-30(4,28)29)14(2)23-22(27)21-10-7-18-12-17(15(3)26)6-9-20(18)24-21/h5-12,14,25H,1-4H3,(H,23,27)/t14-/m1/s1. The van der Waals surface area contributed by atoms with E-state index in [1.807, 2.05) is 13.0 Å². The van der Waals surface area contributed by atoms with E-state index in [2.05, 4.69) is 15.0 Å². The summed E-state index contributed by atoms with van der Waals surface area (Å²) in [5.74, 6) is -0.350. The highest BCUT2D eigenvalue weighted by Gasteiger charge is 2.15. The Balaban J connectivity index is 1.77. The average Bonchev–Trinajstić information content (AvgIpc) is 2.67. The number of aryl methyl sites for hydroxylation is 1. The van der Waals surface area contributed by atoms with Crippen LogP contribution in [-0.2, 0) is 10.0 Å². The fourth-order valence-corrected chi connectivity index (χ4v) is 3.72. The van der Waals surface area contributed by atoms with Crippen molar-refractivity contribution in [2.24, 2.45) is 0 Å². The first-order valence-electron chi connectivity index (χ1n) is 9.34. The van der Waals surface area contributed by atoms with Crippen LogP contribution in [0.2, 0.25) is 0 Å². The molecule has 30 heavy (non-hydrogen) atoms. The lowest BCUT2D eigenvalue weighted by molar-refractivity contribution is 0.0934. The third-order valence-electron chi connectivity index (χ3n) is 4.72. The lowest BCUT2D eigenvalue weighted by atomic mass is 10.0. The van der Waals surface area contributed by atoms with Gasteiger partial charge in [-0.3, -0.25) is 14.3 Å². The number of anilines is 1. The summed E-state index contributed by atoms with van der Waals surface area (Å²) in [6.45, 7) is 5.14. The molecule has 3 aromatic rings. The molecule has 0 unspecified atom stereocenters. The number of hydrogen-bond donors (Lipinski definition) is 2. The van der Waals surface area contributed by atoms with Crippen LogP contribution in [0.15, 0.2) is 48.5 Å². The van der Waals surface area contributed by atoms with Gasteiger partial charge < -0.3 is 5.32 Å². The van der Waals surface area contributed by atoms with Crippen LogP contribution in [0.25, 0.3) is 10.9 Å². The lowest BCUT2D eigenvalue weighted by Gasteiger charge is -2.16. The van der Waals surface area contributed by atoms with Gasteiger partial charge in [0.25, 0.3) is 5.91 Å². The average molecular weight is 426 g/mol. The number of nitrogens with one attached hydrogen (secondary N) is 2. The van der Waals surface area contributed by atoms with Crippen LogP contribution in [0, 0.1) is 6.92 Å². The second-order valence-electron chi connectivity index (χ2n) is 7.30. The summed E-state index contributed by atoms with van der Waals surface area (Å²) < 4.78 is 25.3. The van der Waals surface area contributed by atoms with Crippen LogP contribution in [0.1, 0.15) is 51.9 Å². The van der Waals surface area contributed by atoms with Crippen molar-refractivity contribution < 1.29 is 18.0 Å². The molecule has 0 bridgehead atoms. The minimum Gasteiger partial charge on any atom is -0.344 e. The number of sulfonamides is 1. The van der Waals surface area contributed by atoms with E-state index in [0.29, 0.717) is 16.8 Å². The van der Waals surface area contributed by atoms with Gasteiger partial charge in [-0.15, -0.1) is 0 Å². The van der Waals surface area contributed by atoms with Gasteiger partial charge in [-0.1, -0.05) is 18.2 Å². The van der Waals surface area contributed by atoms with Crippen molar-refractivity contribution >= 4 is 38.3 Å². The number of carbonyl (C=O) groups excluding carboxylic acids is 2. The number of carbonyl (C=O) groups is 2. The molecule has 156 valence electrons. The Bertz CT molecular complexity index is 1250. The summed E-state index contributed by atoms with van der Waals surface area (Å²) in [5.41, 5.74) is 3.60. The van der Waals surface area contributed by atoms with Gasteiger partial charge in [0, 0.05) is 10.9 Å². The summed E-state index contributed by atoms with van der Waals surface area (Å²) in [4.78, 5) is 28.6. The van der Waals surface area contributed by atoms with Crippen LogP contribution in [0.5, 0.6) is 0 Å². The van der Waals surface area contributed by atoms with Crippen molar-refractivity contribution in [3.05, 3.63) is 70.9 Å². The molecular formula is C22H23N3O4S. The summed E-state index contributed by atoms with van der Waals surface area (Å²) in [5, 5.41) is 3.70. The molecule has 0 saturated carbocycles. The molecule has 2 aromatic carbocycles. The molecule has 7 nitrogen and oxygen atoms in total. The molecule has 0 fully saturated rings. The predicted molar refractivity (Wildman–Crippen MR) is 117 cm³/mol. The number of pyridine rings is 1. The number of Topliss-reactive ketones (excluding diaryl/α,β-unsaturated/α-hetero) is 1. The van der Waals surface area contributed by atoms with Gasteiger partial charge in [-0.2, -0.15) is 0 Å². The highest BCUT2D eigenvalue weighted by atomic mass is 32.2. The molecule has 0 saturated heterocycles. The SMILES string of the molecule is CC(=O)c1ccc2nc(C(=O)N[C@H](C)c3ccc(NS(C)(=O)=O)c(C)c3)ccc2c1. The molecule has 0 spiro atoms. The van der Waals surface area contributed by atoms with E-state index < -0.39 is 10.0 Å². The van der Waals surface area contributed by atoms with Crippen molar-refractivity contribution in [3.63, 3.8) is 0 Å². The number of benzene rings is 2. The van der Waals surface area contributed by atoms with Crippen molar-refractivity contribution in [1.29, 1.82) is 0 Å². The zero-order chi connectivity index (χ0) is 22.1. The van der Waals surface area contributed by atoms with Crippen LogP contribution >= 0.6 is 0 Å². The maximum atomic E-state index is 12.7. The van der Waals surface area contributed by atoms with Gasteiger partial charge in [0.2, 0.25) is 10.0 Å². The molecule has 8 heteroatoms. The van der Waals surface area contributed by atoms with Crippen LogP contribution in [0.4, 0.5) is 5.69 Å². The maximum absolute atomic E-state index is 12.7. The fourth-order valence-electron chi connectivity index (χ4n) is 3.10. The monoisotopic (exact) mass is 425 g/mol. The first-order valence-corrected chi connectivity index (χ1v) is 11.2. The molecule has 3 rings (SSSR count). The van der Waals surface area contributed by atoms with Crippen molar-refractivity contribution in [2.45, 2.75) is 26.8 Å². The second kappa shape index (κ2) is 8.23. The Kier molecular flexibility index (Phi) is 5.89. The summed E-state index contributed by atoms with van der Waals surface area (Å²) in [6, 6.07) is 13.5. The molecule has 1 heterocycles. The molecule has 2 N–H and O–H groups in total. The minimum absolute atomic E-state index is 0.0272. The van der Waals surface area contributed by atoms with E-state index in [-0.39, 0.29) is 23.4 Å². The topological polar surface area (TPSA) is 105 Å². The number of nitrogens with zero attached hydrogens (tertiary/aromatic N) is 1. The Morgan fingerprint density at radius 1 is 1.03 bits per heavy atom. The largest absolute Gasteiger partial charge is 0.344 e. The van der Waals surface area contributed by atoms with Gasteiger partial charge in [-0.05, 0) is 62.2 Å². The first kappa shape index (κ1) is 21.4. The zero-order valence-corrected chi connectivity index (χ0v) is 18.0. The van der Waals surface area contributed by atoms with Crippen molar-refractivity contribution in [1.82, 2.24) is 10.3 Å². The van der Waals surface area contributed by atoms with Crippen molar-refractivity contribution in [2.75, 3.05) is 11.0 Å². The van der Waals surface area contributed by atoms with Crippen molar-refractivity contribution in [3.8, 4) is 0 Å². The van der Waals surface area contributed by atoms with E-state index in [1.165, 1.54) is 6.92 Å². The fraction of sp³-hybridized carbons (Fsp3) is 0.227. The molecule has 1 atom stereocenters. The van der Waals surface area contributed by atoms with Crippen LogP contribution < -0.4 is 10.0 Å². The summed E-state index contributed by atoms with van der Waals surface area (Å²) in [6.07, 6.45) is 1.10. The number of aromatic nitrogens is 1. The van der Waals surface area contributed by atoms with E-state index >= 15 is 0 Å². The molecule has 0 aliphatic rings. The smallest absolute Gasteiger partial charge is 0.270 e. The van der Waals surface area contributed by atoms with Gasteiger partial charge in [0.05, 0.1) is 23.5 Å². The number of amides is 1. The quantitative estimate of drug-likeness (QED) is 0.587. The molecule has 0 radical (unpaired) electrons. The Morgan fingerprint density at radius 2 is 1.77 bits per heavy atom. The highest BCUT2D eigenvalue weighted by molar-refractivity contribution is 7.92. The molecule has 1 amide bonds. The molecular weight excluding hydrogens is 402 g/mol. The van der Waals surface area contributed by atoms with Crippen LogP contribution in [0.3, 0.4) is 0 Å². The lowest BCUT2D eigenvalue weighted by Crippen LogP contribution is -2.27. The maximum Gasteiger partial charge on any atom is 0.270 e. The van der Waals surface area contributed by atoms with Gasteiger partial charge in [0.1, 0.15) is 5.69 Å². The number of hydrogen-bond acceptors (Lipinski definition) is 5. The summed E-state index contributed by atoms with van der Waals surface area (Å²) >= 11 is 0. The number of ketones is 1. The molecule has 0 aliphatic heterocycles. The van der Waals surface area contributed by atoms with Gasteiger partial charge in [-0.25, -0.2) is 13.4 Å². The second-order valence-corrected chi connectivity index (χ2v) is 9.05. The third-order valence-corrected chi connectivity index (χ3v) is 5.31. The summed E-state index contributed by atoms with van der Waals surface area (Å²) in [7, 11) is -3.36. The van der Waals surface area contributed by atoms with E-state index in [4.69, 9.17) is 0 Å². The van der Waals surface area contributed by atoms with E-state index in [0.717, 1.165) is 22.8 Å². The Morgan fingerprint density at radius 3 is 2.40 bits per heavy atom. The predicted octanol–water partition coefficient (Wildman–Crippen LogP) is 3.61. The third kappa shape index (κ3) is 5.01. The molecule has 1 aromatic heterocycles. The van der Waals surface area contributed by atoms with E-state index in [1.54, 1.807) is 49.4 Å². The normalized spacial score (nSPS) is 12.4. The minimum atomic E-state index is -3.36. The first-order chi connectivity index (χ1) is 14.0. The Hall–Kier alpha value is -3.26. The zero-order valence-electron chi connectivity index (χ0n) is 17.2. The van der Waals surface area contributed by atoms with E-state index in [9.17, 15) is 18.0 Å². The Labute approximate surface area is 175 Å². The molecule has 0 aliphatic carbocycles. The van der Waals surface area contributed by atoms with Crippen LogP contribution in [-0.4, -0.2) is 31.3 Å². The highest BCUT2D eigenvalue weighted by Crippen LogP contribution is 2.22. The number of rotatable bonds is 6.